The third-order valence-electron chi connectivity index (χ3n) is 1.17. The highest BCUT2D eigenvalue weighted by molar-refractivity contribution is 6.30. The van der Waals surface area contributed by atoms with Gasteiger partial charge in [-0.05, 0) is 17.7 Å². The molecule has 0 heterocycles. The summed E-state index contributed by atoms with van der Waals surface area (Å²) in [5.74, 6) is 0. The van der Waals surface area contributed by atoms with Gasteiger partial charge < -0.3 is 0 Å². The number of nitrogens with zero attached hydrogens (tertiary/aromatic N) is 1. The molecule has 0 aliphatic rings. The molecule has 1 aromatic carbocycles. The highest BCUT2D eigenvalue weighted by Gasteiger charge is 1.90. The second kappa shape index (κ2) is 7.64. The van der Waals surface area contributed by atoms with Gasteiger partial charge in [-0.1, -0.05) is 44.0 Å². The van der Waals surface area contributed by atoms with Gasteiger partial charge in [0.25, 0.3) is 0 Å². The van der Waals surface area contributed by atoms with Gasteiger partial charge in [-0.2, -0.15) is 5.26 Å². The van der Waals surface area contributed by atoms with Crippen LogP contribution in [0.1, 0.15) is 25.8 Å². The molecule has 70 valence electrons. The summed E-state index contributed by atoms with van der Waals surface area (Å²) in [4.78, 5) is 0. The second-order valence-electron chi connectivity index (χ2n) is 2.67. The highest BCUT2D eigenvalue weighted by Crippen LogP contribution is 2.10. The monoisotopic (exact) mass is 195 g/mol. The first kappa shape index (κ1) is 12.0. The van der Waals surface area contributed by atoms with E-state index in [2.05, 4.69) is 19.9 Å². The molecule has 13 heavy (non-hydrogen) atoms. The third-order valence-corrected chi connectivity index (χ3v) is 1.41. The maximum absolute atomic E-state index is 8.32. The first-order valence-electron chi connectivity index (χ1n) is 4.36. The van der Waals surface area contributed by atoms with E-state index in [1.54, 1.807) is 12.1 Å². The van der Waals surface area contributed by atoms with Gasteiger partial charge in [0.15, 0.2) is 0 Å². The van der Waals surface area contributed by atoms with E-state index < -0.39 is 0 Å². The molecule has 0 aliphatic heterocycles. The Labute approximate surface area is 85.0 Å². The maximum atomic E-state index is 8.32. The van der Waals surface area contributed by atoms with Gasteiger partial charge in [0, 0.05) is 5.02 Å². The van der Waals surface area contributed by atoms with E-state index in [-0.39, 0.29) is 0 Å². The van der Waals surface area contributed by atoms with Crippen molar-refractivity contribution in [3.8, 4) is 6.07 Å². The van der Waals surface area contributed by atoms with Crippen molar-refractivity contribution in [1.82, 2.24) is 0 Å². The minimum absolute atomic E-state index is 0.431. The number of hydrogen-bond donors (Lipinski definition) is 0. The van der Waals surface area contributed by atoms with Gasteiger partial charge in [0.2, 0.25) is 0 Å². The van der Waals surface area contributed by atoms with Crippen molar-refractivity contribution in [3.63, 3.8) is 0 Å². The summed E-state index contributed by atoms with van der Waals surface area (Å²) in [6.07, 6.45) is 1.68. The average molecular weight is 196 g/mol. The van der Waals surface area contributed by atoms with Crippen LogP contribution >= 0.6 is 11.6 Å². The fourth-order valence-corrected chi connectivity index (χ4v) is 0.951. The van der Waals surface area contributed by atoms with E-state index in [9.17, 15) is 0 Å². The summed E-state index contributed by atoms with van der Waals surface area (Å²) in [7, 11) is 0. The van der Waals surface area contributed by atoms with Crippen molar-refractivity contribution in [3.05, 3.63) is 34.9 Å². The molecule has 0 spiro atoms. The van der Waals surface area contributed by atoms with E-state index in [1.807, 2.05) is 12.1 Å². The normalized spacial score (nSPS) is 8.15. The quantitative estimate of drug-likeness (QED) is 0.669. The predicted molar refractivity (Wildman–Crippen MR) is 56.7 cm³/mol. The Kier molecular flexibility index (Phi) is 7.05. The van der Waals surface area contributed by atoms with Crippen LogP contribution in [-0.4, -0.2) is 0 Å². The van der Waals surface area contributed by atoms with E-state index in [0.29, 0.717) is 11.4 Å². The van der Waals surface area contributed by atoms with Crippen LogP contribution in [-0.2, 0) is 6.42 Å². The molecule has 0 N–H and O–H groups in total. The summed E-state index contributed by atoms with van der Waals surface area (Å²) in [5.41, 5.74) is 0.968. The fourth-order valence-electron chi connectivity index (χ4n) is 0.738. The van der Waals surface area contributed by atoms with Gasteiger partial charge in [-0.25, -0.2) is 0 Å². The number of nitriles is 1. The Bertz CT molecular complexity index is 276. The van der Waals surface area contributed by atoms with Gasteiger partial charge >= 0.3 is 0 Å². The second-order valence-corrected chi connectivity index (χ2v) is 3.11. The smallest absolute Gasteiger partial charge is 0.0669 e. The summed E-state index contributed by atoms with van der Waals surface area (Å²) in [6, 6.07) is 9.37. The van der Waals surface area contributed by atoms with E-state index in [0.717, 1.165) is 5.56 Å². The van der Waals surface area contributed by atoms with E-state index in [1.165, 1.54) is 6.42 Å². The zero-order valence-electron chi connectivity index (χ0n) is 8.05. The first-order valence-corrected chi connectivity index (χ1v) is 4.73. The Morgan fingerprint density at radius 3 is 2.46 bits per heavy atom. The summed E-state index contributed by atoms with van der Waals surface area (Å²) >= 11 is 5.67. The molecule has 0 aromatic heterocycles. The third kappa shape index (κ3) is 6.19. The molecule has 0 saturated heterocycles. The van der Waals surface area contributed by atoms with Gasteiger partial charge in [0.05, 0.1) is 12.5 Å². The van der Waals surface area contributed by atoms with Crippen LogP contribution in [0.3, 0.4) is 0 Å². The molecule has 0 radical (unpaired) electrons. The van der Waals surface area contributed by atoms with Crippen LogP contribution in [0.25, 0.3) is 0 Å². The molecule has 0 atom stereocenters. The van der Waals surface area contributed by atoms with Crippen molar-refractivity contribution in [2.45, 2.75) is 26.7 Å². The average Bonchev–Trinajstić information content (AvgIpc) is 2.06. The highest BCUT2D eigenvalue weighted by atomic mass is 35.5. The SMILES string of the molecule is CCC.N#CCc1cccc(Cl)c1. The lowest BCUT2D eigenvalue weighted by atomic mass is 10.2. The van der Waals surface area contributed by atoms with Crippen LogP contribution < -0.4 is 0 Å². The number of benzene rings is 1. The lowest BCUT2D eigenvalue weighted by Gasteiger charge is -1.92. The molecular formula is C11H14ClN. The standard InChI is InChI=1S/C8H6ClN.C3H8/c9-8-3-1-2-7(6-8)4-5-10;1-3-2/h1-3,6H,4H2;3H2,1-2H3. The first-order chi connectivity index (χ1) is 6.24. The van der Waals surface area contributed by atoms with Gasteiger partial charge in [0.1, 0.15) is 0 Å². The van der Waals surface area contributed by atoms with E-state index in [4.69, 9.17) is 16.9 Å². The lowest BCUT2D eigenvalue weighted by Crippen LogP contribution is -1.78. The van der Waals surface area contributed by atoms with Crippen LogP contribution in [0, 0.1) is 11.3 Å². The molecule has 0 amide bonds. The maximum Gasteiger partial charge on any atom is 0.0669 e. The van der Waals surface area contributed by atoms with Crippen molar-refractivity contribution in [1.29, 1.82) is 5.26 Å². The zero-order valence-corrected chi connectivity index (χ0v) is 8.80. The molecule has 2 heteroatoms. The lowest BCUT2D eigenvalue weighted by molar-refractivity contribution is 1.09. The molecule has 0 unspecified atom stereocenters. The summed E-state index contributed by atoms with van der Waals surface area (Å²) in [6.45, 7) is 4.25. The van der Waals surface area contributed by atoms with Crippen LogP contribution in [0.2, 0.25) is 5.02 Å². The van der Waals surface area contributed by atoms with Crippen LogP contribution in [0.15, 0.2) is 24.3 Å². The Morgan fingerprint density at radius 2 is 2.00 bits per heavy atom. The van der Waals surface area contributed by atoms with Crippen molar-refractivity contribution < 1.29 is 0 Å². The molecular weight excluding hydrogens is 182 g/mol. The molecule has 0 saturated carbocycles. The number of halogens is 1. The van der Waals surface area contributed by atoms with Crippen LogP contribution in [0.4, 0.5) is 0 Å². The number of hydrogen-bond acceptors (Lipinski definition) is 1. The topological polar surface area (TPSA) is 23.8 Å². The largest absolute Gasteiger partial charge is 0.198 e. The molecule has 1 aromatic rings. The molecule has 1 nitrogen and oxygen atoms in total. The molecule has 0 aliphatic carbocycles. The molecule has 1 rings (SSSR count). The minimum Gasteiger partial charge on any atom is -0.198 e. The van der Waals surface area contributed by atoms with Crippen molar-refractivity contribution >= 4 is 11.6 Å². The minimum atomic E-state index is 0.431. The van der Waals surface area contributed by atoms with Crippen LogP contribution in [0.5, 0.6) is 0 Å². The van der Waals surface area contributed by atoms with Crippen molar-refractivity contribution in [2.75, 3.05) is 0 Å². The zero-order chi connectivity index (χ0) is 10.1. The van der Waals surface area contributed by atoms with Gasteiger partial charge in [-0.3, -0.25) is 0 Å². The Balaban J connectivity index is 0.000000424. The Hall–Kier alpha value is -1.00. The van der Waals surface area contributed by atoms with Crippen molar-refractivity contribution in [2.24, 2.45) is 0 Å². The summed E-state index contributed by atoms with van der Waals surface area (Å²) < 4.78 is 0. The summed E-state index contributed by atoms with van der Waals surface area (Å²) in [5, 5.41) is 9.01. The predicted octanol–water partition coefficient (Wildman–Crippen LogP) is 3.82. The van der Waals surface area contributed by atoms with E-state index >= 15 is 0 Å². The number of rotatable bonds is 1. The Morgan fingerprint density at radius 1 is 1.38 bits per heavy atom. The molecule has 0 bridgehead atoms. The molecule has 0 fully saturated rings. The fraction of sp³-hybridized carbons (Fsp3) is 0.364. The van der Waals surface area contributed by atoms with Gasteiger partial charge in [-0.15, -0.1) is 0 Å².